The van der Waals surface area contributed by atoms with Crippen molar-refractivity contribution in [3.05, 3.63) is 65.7 Å². The van der Waals surface area contributed by atoms with Gasteiger partial charge in [-0.05, 0) is 35.6 Å². The fourth-order valence-corrected chi connectivity index (χ4v) is 5.66. The maximum atomic E-state index is 13.0. The standard InChI is InChI=1S/C22H24N2O2S/c1-15(2)16-8-10-18(11-9-16)23-21(26)19-14-27-22(13-12-20(25)24(19)22)17-6-4-3-5-7-17/h3-11,15,19H,12-14H2,1-2H3,(H,23,26)/t19-,22+/m0/s1. The van der Waals surface area contributed by atoms with E-state index in [2.05, 4.69) is 31.3 Å². The Labute approximate surface area is 164 Å². The SMILES string of the molecule is CC(C)c1ccc(NC(=O)[C@@H]2CS[C@@]3(c4ccccc4)CCC(=O)N23)cc1. The molecule has 0 bridgehead atoms. The smallest absolute Gasteiger partial charge is 0.248 e. The van der Waals surface area contributed by atoms with Gasteiger partial charge in [0.25, 0.3) is 0 Å². The van der Waals surface area contributed by atoms with Crippen LogP contribution in [-0.2, 0) is 14.5 Å². The number of hydrogen-bond acceptors (Lipinski definition) is 3. The number of carbonyl (C=O) groups excluding carboxylic acids is 2. The van der Waals surface area contributed by atoms with E-state index in [9.17, 15) is 9.59 Å². The van der Waals surface area contributed by atoms with E-state index in [0.29, 0.717) is 18.1 Å². The summed E-state index contributed by atoms with van der Waals surface area (Å²) in [7, 11) is 0. The van der Waals surface area contributed by atoms with Gasteiger partial charge in [0.05, 0.1) is 0 Å². The fraction of sp³-hybridized carbons (Fsp3) is 0.364. The van der Waals surface area contributed by atoms with Gasteiger partial charge in [0, 0.05) is 17.9 Å². The summed E-state index contributed by atoms with van der Waals surface area (Å²) in [5.74, 6) is 1.04. The van der Waals surface area contributed by atoms with E-state index < -0.39 is 10.9 Å². The number of rotatable bonds is 4. The third kappa shape index (κ3) is 3.14. The lowest BCUT2D eigenvalue weighted by molar-refractivity contribution is -0.136. The van der Waals surface area contributed by atoms with Gasteiger partial charge in [-0.15, -0.1) is 11.8 Å². The second-order valence-electron chi connectivity index (χ2n) is 7.51. The van der Waals surface area contributed by atoms with Crippen LogP contribution in [0, 0.1) is 0 Å². The topological polar surface area (TPSA) is 49.4 Å². The van der Waals surface area contributed by atoms with Crippen LogP contribution in [0.1, 0.15) is 43.7 Å². The molecule has 2 aliphatic heterocycles. The lowest BCUT2D eigenvalue weighted by atomic mass is 10.0. The number of nitrogens with zero attached hydrogens (tertiary/aromatic N) is 1. The maximum absolute atomic E-state index is 13.0. The zero-order valence-corrected chi connectivity index (χ0v) is 16.5. The summed E-state index contributed by atoms with van der Waals surface area (Å²) in [6.45, 7) is 4.29. The molecule has 0 unspecified atom stereocenters. The fourth-order valence-electron chi connectivity index (χ4n) is 4.01. The van der Waals surface area contributed by atoms with Gasteiger partial charge < -0.3 is 10.2 Å². The molecule has 2 saturated heterocycles. The summed E-state index contributed by atoms with van der Waals surface area (Å²) < 4.78 is 0. The van der Waals surface area contributed by atoms with E-state index in [-0.39, 0.29) is 11.8 Å². The van der Waals surface area contributed by atoms with Crippen LogP contribution in [0.4, 0.5) is 5.69 Å². The minimum atomic E-state index is -0.435. The number of fused-ring (bicyclic) bond motifs is 1. The zero-order chi connectivity index (χ0) is 19.0. The molecule has 2 amide bonds. The third-order valence-electron chi connectivity index (χ3n) is 5.50. The molecular formula is C22H24N2O2S. The molecule has 0 aliphatic carbocycles. The third-order valence-corrected chi connectivity index (χ3v) is 7.10. The van der Waals surface area contributed by atoms with Crippen molar-refractivity contribution in [2.45, 2.75) is 43.5 Å². The van der Waals surface area contributed by atoms with Crippen LogP contribution in [0.3, 0.4) is 0 Å². The van der Waals surface area contributed by atoms with Crippen molar-refractivity contribution in [1.29, 1.82) is 0 Å². The summed E-state index contributed by atoms with van der Waals surface area (Å²) in [6.07, 6.45) is 1.25. The number of benzene rings is 2. The van der Waals surface area contributed by atoms with Gasteiger partial charge in [-0.25, -0.2) is 0 Å². The van der Waals surface area contributed by atoms with E-state index in [1.807, 2.05) is 47.4 Å². The summed E-state index contributed by atoms with van der Waals surface area (Å²) in [6, 6.07) is 17.6. The highest BCUT2D eigenvalue weighted by atomic mass is 32.2. The van der Waals surface area contributed by atoms with Crippen LogP contribution in [0.25, 0.3) is 0 Å². The van der Waals surface area contributed by atoms with Crippen LogP contribution in [0.5, 0.6) is 0 Å². The predicted octanol–water partition coefficient (Wildman–Crippen LogP) is 4.34. The van der Waals surface area contributed by atoms with E-state index in [1.54, 1.807) is 11.8 Å². The molecule has 0 spiro atoms. The first-order chi connectivity index (χ1) is 13.0. The minimum Gasteiger partial charge on any atom is -0.324 e. The van der Waals surface area contributed by atoms with Crippen molar-refractivity contribution >= 4 is 29.3 Å². The number of carbonyl (C=O) groups is 2. The molecule has 2 aliphatic rings. The molecule has 4 rings (SSSR count). The highest BCUT2D eigenvalue weighted by Crippen LogP contribution is 2.54. The number of anilines is 1. The van der Waals surface area contributed by atoms with Crippen molar-refractivity contribution < 1.29 is 9.59 Å². The van der Waals surface area contributed by atoms with E-state index in [4.69, 9.17) is 0 Å². The van der Waals surface area contributed by atoms with Crippen LogP contribution < -0.4 is 5.32 Å². The van der Waals surface area contributed by atoms with Gasteiger partial charge in [-0.1, -0.05) is 56.3 Å². The molecule has 0 aromatic heterocycles. The van der Waals surface area contributed by atoms with Crippen molar-refractivity contribution in [2.24, 2.45) is 0 Å². The first kappa shape index (κ1) is 18.1. The molecule has 1 N–H and O–H groups in total. The Morgan fingerprint density at radius 2 is 1.85 bits per heavy atom. The lowest BCUT2D eigenvalue weighted by Crippen LogP contribution is -2.48. The Kier molecular flexibility index (Phi) is 4.72. The van der Waals surface area contributed by atoms with Crippen LogP contribution in [0.2, 0.25) is 0 Å². The average molecular weight is 381 g/mol. The van der Waals surface area contributed by atoms with Crippen LogP contribution in [-0.4, -0.2) is 28.5 Å². The summed E-state index contributed by atoms with van der Waals surface area (Å²) in [5, 5.41) is 3.01. The molecule has 2 fully saturated rings. The molecule has 5 heteroatoms. The van der Waals surface area contributed by atoms with Gasteiger partial charge in [0.2, 0.25) is 11.8 Å². The van der Waals surface area contributed by atoms with Gasteiger partial charge in [-0.3, -0.25) is 9.59 Å². The molecule has 140 valence electrons. The Balaban J connectivity index is 1.56. The number of amides is 2. The summed E-state index contributed by atoms with van der Waals surface area (Å²) in [5.41, 5.74) is 3.12. The molecule has 27 heavy (non-hydrogen) atoms. The lowest BCUT2D eigenvalue weighted by Gasteiger charge is -2.34. The minimum absolute atomic E-state index is 0.0687. The first-order valence-corrected chi connectivity index (χ1v) is 10.4. The molecule has 0 saturated carbocycles. The highest BCUT2D eigenvalue weighted by molar-refractivity contribution is 8.00. The Hall–Kier alpha value is -2.27. The highest BCUT2D eigenvalue weighted by Gasteiger charge is 2.56. The molecule has 2 heterocycles. The summed E-state index contributed by atoms with van der Waals surface area (Å²) >= 11 is 1.71. The number of nitrogens with one attached hydrogen (secondary N) is 1. The average Bonchev–Trinajstić information content (AvgIpc) is 3.22. The predicted molar refractivity (Wildman–Crippen MR) is 110 cm³/mol. The molecule has 2 aromatic carbocycles. The van der Waals surface area contributed by atoms with Crippen LogP contribution in [0.15, 0.2) is 54.6 Å². The van der Waals surface area contributed by atoms with E-state index in [1.165, 1.54) is 5.56 Å². The van der Waals surface area contributed by atoms with Crippen molar-refractivity contribution in [3.8, 4) is 0 Å². The van der Waals surface area contributed by atoms with Crippen molar-refractivity contribution in [2.75, 3.05) is 11.1 Å². The molecule has 2 atom stereocenters. The van der Waals surface area contributed by atoms with E-state index in [0.717, 1.165) is 17.7 Å². The Bertz CT molecular complexity index is 850. The van der Waals surface area contributed by atoms with Gasteiger partial charge in [0.1, 0.15) is 10.9 Å². The molecular weight excluding hydrogens is 356 g/mol. The van der Waals surface area contributed by atoms with Gasteiger partial charge >= 0.3 is 0 Å². The number of thioether (sulfide) groups is 1. The Morgan fingerprint density at radius 1 is 1.15 bits per heavy atom. The molecule has 2 aromatic rings. The van der Waals surface area contributed by atoms with Crippen LogP contribution >= 0.6 is 11.8 Å². The number of hydrogen-bond donors (Lipinski definition) is 1. The molecule has 0 radical (unpaired) electrons. The normalized spacial score (nSPS) is 24.3. The molecule has 4 nitrogen and oxygen atoms in total. The van der Waals surface area contributed by atoms with Gasteiger partial charge in [0.15, 0.2) is 0 Å². The van der Waals surface area contributed by atoms with E-state index >= 15 is 0 Å². The van der Waals surface area contributed by atoms with Crippen molar-refractivity contribution in [1.82, 2.24) is 4.90 Å². The zero-order valence-electron chi connectivity index (χ0n) is 15.6. The monoisotopic (exact) mass is 380 g/mol. The second kappa shape index (κ2) is 7.04. The quantitative estimate of drug-likeness (QED) is 0.858. The van der Waals surface area contributed by atoms with Gasteiger partial charge in [-0.2, -0.15) is 0 Å². The second-order valence-corrected chi connectivity index (χ2v) is 8.80. The summed E-state index contributed by atoms with van der Waals surface area (Å²) in [4.78, 5) is 27.1. The Morgan fingerprint density at radius 3 is 2.52 bits per heavy atom. The van der Waals surface area contributed by atoms with Crippen molar-refractivity contribution in [3.63, 3.8) is 0 Å². The first-order valence-electron chi connectivity index (χ1n) is 9.44. The largest absolute Gasteiger partial charge is 0.324 e. The maximum Gasteiger partial charge on any atom is 0.248 e.